The van der Waals surface area contributed by atoms with Gasteiger partial charge < -0.3 is 0 Å². The van der Waals surface area contributed by atoms with Crippen molar-refractivity contribution in [2.24, 2.45) is 11.3 Å². The Labute approximate surface area is 83.5 Å². The second kappa shape index (κ2) is 4.00. The first-order valence-corrected chi connectivity index (χ1v) is 5.68. The largest absolute Gasteiger partial charge is 0.300 e. The summed E-state index contributed by atoms with van der Waals surface area (Å²) in [6.07, 6.45) is 2.67. The summed E-state index contributed by atoms with van der Waals surface area (Å²) in [5, 5.41) is 0. The van der Waals surface area contributed by atoms with Gasteiger partial charge in [0.2, 0.25) is 0 Å². The molecule has 13 heavy (non-hydrogen) atoms. The van der Waals surface area contributed by atoms with Crippen molar-refractivity contribution >= 4 is 0 Å². The lowest BCUT2D eigenvalue weighted by Gasteiger charge is -2.31. The molecule has 0 aromatic rings. The maximum absolute atomic E-state index is 2.66. The highest BCUT2D eigenvalue weighted by molar-refractivity contribution is 4.83. The molecule has 1 aliphatic heterocycles. The molecule has 0 aromatic heterocycles. The van der Waals surface area contributed by atoms with Crippen LogP contribution in [-0.2, 0) is 0 Å². The molecule has 0 amide bonds. The molecule has 0 bridgehead atoms. The first-order valence-electron chi connectivity index (χ1n) is 5.68. The maximum Gasteiger partial charge on any atom is 0.00702 e. The molecule has 0 aliphatic carbocycles. The molecule has 78 valence electrons. The molecule has 0 N–H and O–H groups in total. The molecule has 0 spiro atoms. The van der Waals surface area contributed by atoms with Crippen LogP contribution in [0.15, 0.2) is 0 Å². The van der Waals surface area contributed by atoms with Crippen molar-refractivity contribution in [3.63, 3.8) is 0 Å². The molecule has 1 rings (SSSR count). The van der Waals surface area contributed by atoms with Crippen LogP contribution in [0.2, 0.25) is 0 Å². The second-order valence-corrected chi connectivity index (χ2v) is 5.64. The number of hydrogen-bond donors (Lipinski definition) is 0. The van der Waals surface area contributed by atoms with Crippen molar-refractivity contribution in [2.45, 2.75) is 53.5 Å². The van der Waals surface area contributed by atoms with Gasteiger partial charge in [-0.05, 0) is 31.1 Å². The standard InChI is InChI=1S/C12H25N/c1-6-12(4,5)9-13-8-10(2)7-11(13)3/h10-11H,6-9H2,1-5H3. The van der Waals surface area contributed by atoms with Crippen LogP contribution < -0.4 is 0 Å². The average Bonchev–Trinajstić information content (AvgIpc) is 2.30. The minimum Gasteiger partial charge on any atom is -0.300 e. The Balaban J connectivity index is 2.45. The second-order valence-electron chi connectivity index (χ2n) is 5.64. The van der Waals surface area contributed by atoms with Crippen molar-refractivity contribution in [3.8, 4) is 0 Å². The lowest BCUT2D eigenvalue weighted by molar-refractivity contribution is 0.166. The van der Waals surface area contributed by atoms with Gasteiger partial charge in [-0.25, -0.2) is 0 Å². The van der Waals surface area contributed by atoms with E-state index in [1.54, 1.807) is 0 Å². The van der Waals surface area contributed by atoms with Crippen molar-refractivity contribution in [3.05, 3.63) is 0 Å². The van der Waals surface area contributed by atoms with Gasteiger partial charge in [-0.3, -0.25) is 4.90 Å². The molecule has 0 saturated carbocycles. The first-order chi connectivity index (χ1) is 5.94. The minimum atomic E-state index is 0.498. The molecule has 1 heterocycles. The topological polar surface area (TPSA) is 3.24 Å². The van der Waals surface area contributed by atoms with Crippen LogP contribution >= 0.6 is 0 Å². The highest BCUT2D eigenvalue weighted by Gasteiger charge is 2.29. The fourth-order valence-corrected chi connectivity index (χ4v) is 2.27. The molecule has 1 fully saturated rings. The normalized spacial score (nSPS) is 31.2. The number of hydrogen-bond acceptors (Lipinski definition) is 1. The smallest absolute Gasteiger partial charge is 0.00702 e. The third kappa shape index (κ3) is 2.98. The molecular formula is C12H25N. The Morgan fingerprint density at radius 1 is 1.31 bits per heavy atom. The Bertz CT molecular complexity index is 163. The van der Waals surface area contributed by atoms with Gasteiger partial charge in [0.15, 0.2) is 0 Å². The molecule has 1 saturated heterocycles. The van der Waals surface area contributed by atoms with Gasteiger partial charge in [0.1, 0.15) is 0 Å². The number of likely N-dealkylation sites (tertiary alicyclic amines) is 1. The quantitative estimate of drug-likeness (QED) is 0.649. The Morgan fingerprint density at radius 2 is 1.92 bits per heavy atom. The van der Waals surface area contributed by atoms with Gasteiger partial charge in [0, 0.05) is 19.1 Å². The maximum atomic E-state index is 2.66. The molecule has 2 atom stereocenters. The van der Waals surface area contributed by atoms with Crippen molar-refractivity contribution < 1.29 is 0 Å². The van der Waals surface area contributed by atoms with Gasteiger partial charge >= 0.3 is 0 Å². The summed E-state index contributed by atoms with van der Waals surface area (Å²) < 4.78 is 0. The molecule has 0 aromatic carbocycles. The summed E-state index contributed by atoms with van der Waals surface area (Å²) in [4.78, 5) is 2.66. The van der Waals surface area contributed by atoms with Gasteiger partial charge in [-0.15, -0.1) is 0 Å². The van der Waals surface area contributed by atoms with Crippen LogP contribution in [0.25, 0.3) is 0 Å². The summed E-state index contributed by atoms with van der Waals surface area (Å²) in [5.74, 6) is 0.905. The highest BCUT2D eigenvalue weighted by Crippen LogP contribution is 2.28. The first kappa shape index (κ1) is 11.0. The van der Waals surface area contributed by atoms with Gasteiger partial charge in [0.05, 0.1) is 0 Å². The third-order valence-corrected chi connectivity index (χ3v) is 3.50. The van der Waals surface area contributed by atoms with E-state index in [4.69, 9.17) is 0 Å². The minimum absolute atomic E-state index is 0.498. The zero-order valence-electron chi connectivity index (χ0n) is 9.93. The Hall–Kier alpha value is -0.0400. The Morgan fingerprint density at radius 3 is 2.31 bits per heavy atom. The van der Waals surface area contributed by atoms with Crippen LogP contribution in [0, 0.1) is 11.3 Å². The lowest BCUT2D eigenvalue weighted by atomic mass is 9.89. The van der Waals surface area contributed by atoms with Gasteiger partial charge in [-0.2, -0.15) is 0 Å². The van der Waals surface area contributed by atoms with Crippen LogP contribution in [0.4, 0.5) is 0 Å². The fourth-order valence-electron chi connectivity index (χ4n) is 2.27. The Kier molecular flexibility index (Phi) is 3.39. The van der Waals surface area contributed by atoms with Gasteiger partial charge in [0.25, 0.3) is 0 Å². The van der Waals surface area contributed by atoms with Crippen molar-refractivity contribution in [2.75, 3.05) is 13.1 Å². The van der Waals surface area contributed by atoms with E-state index in [2.05, 4.69) is 39.5 Å². The van der Waals surface area contributed by atoms with E-state index in [0.717, 1.165) is 12.0 Å². The van der Waals surface area contributed by atoms with E-state index >= 15 is 0 Å². The molecule has 1 aliphatic rings. The van der Waals surface area contributed by atoms with E-state index in [0.29, 0.717) is 5.41 Å². The van der Waals surface area contributed by atoms with Crippen LogP contribution in [0.1, 0.15) is 47.5 Å². The number of rotatable bonds is 3. The summed E-state index contributed by atoms with van der Waals surface area (Å²) in [6, 6.07) is 0.806. The molecule has 1 nitrogen and oxygen atoms in total. The van der Waals surface area contributed by atoms with E-state index < -0.39 is 0 Å². The predicted molar refractivity (Wildman–Crippen MR) is 58.9 cm³/mol. The summed E-state index contributed by atoms with van der Waals surface area (Å²) in [7, 11) is 0. The van der Waals surface area contributed by atoms with Crippen LogP contribution in [-0.4, -0.2) is 24.0 Å². The number of nitrogens with zero attached hydrogens (tertiary/aromatic N) is 1. The predicted octanol–water partition coefficient (Wildman–Crippen LogP) is 3.15. The molecule has 1 heteroatoms. The van der Waals surface area contributed by atoms with Crippen LogP contribution in [0.3, 0.4) is 0 Å². The average molecular weight is 183 g/mol. The van der Waals surface area contributed by atoms with E-state index in [1.165, 1.54) is 25.9 Å². The zero-order chi connectivity index (χ0) is 10.1. The van der Waals surface area contributed by atoms with E-state index in [9.17, 15) is 0 Å². The summed E-state index contributed by atoms with van der Waals surface area (Å²) in [6.45, 7) is 14.4. The lowest BCUT2D eigenvalue weighted by Crippen LogP contribution is -2.36. The van der Waals surface area contributed by atoms with E-state index in [1.807, 2.05) is 0 Å². The third-order valence-electron chi connectivity index (χ3n) is 3.50. The summed E-state index contributed by atoms with van der Waals surface area (Å²) >= 11 is 0. The molecular weight excluding hydrogens is 158 g/mol. The SMILES string of the molecule is CCC(C)(C)CN1CC(C)CC1C. The van der Waals surface area contributed by atoms with Crippen molar-refractivity contribution in [1.82, 2.24) is 4.90 Å². The monoisotopic (exact) mass is 183 g/mol. The van der Waals surface area contributed by atoms with E-state index in [-0.39, 0.29) is 0 Å². The van der Waals surface area contributed by atoms with Crippen LogP contribution in [0.5, 0.6) is 0 Å². The highest BCUT2D eigenvalue weighted by atomic mass is 15.2. The summed E-state index contributed by atoms with van der Waals surface area (Å²) in [5.41, 5.74) is 0.498. The molecule has 2 unspecified atom stereocenters. The van der Waals surface area contributed by atoms with Crippen molar-refractivity contribution in [1.29, 1.82) is 0 Å². The molecule has 0 radical (unpaired) electrons. The van der Waals surface area contributed by atoms with Gasteiger partial charge in [-0.1, -0.05) is 27.7 Å². The zero-order valence-corrected chi connectivity index (χ0v) is 9.93. The fraction of sp³-hybridized carbons (Fsp3) is 1.00.